The topological polar surface area (TPSA) is 59.2 Å². The Kier molecular flexibility index (Phi) is 3.65. The minimum absolute atomic E-state index is 0.00485. The van der Waals surface area contributed by atoms with Crippen LogP contribution in [0.1, 0.15) is 26.4 Å². The second-order valence-electron chi connectivity index (χ2n) is 7.13. The summed E-state index contributed by atoms with van der Waals surface area (Å²) in [5.74, 6) is 0.00485. The summed E-state index contributed by atoms with van der Waals surface area (Å²) in [6.07, 6.45) is 0.883. The number of nitrogen functional groups attached to an aromatic ring is 1. The van der Waals surface area contributed by atoms with E-state index in [1.807, 2.05) is 17.0 Å². The fourth-order valence-corrected chi connectivity index (χ4v) is 4.85. The average Bonchev–Trinajstić information content (AvgIpc) is 3.01. The minimum Gasteiger partial charge on any atom is -0.397 e. The van der Waals surface area contributed by atoms with Gasteiger partial charge in [-0.2, -0.15) is 0 Å². The highest BCUT2D eigenvalue weighted by atomic mass is 32.1. The third-order valence-corrected chi connectivity index (χ3v) is 6.38. The summed E-state index contributed by atoms with van der Waals surface area (Å²) in [5, 5.41) is 1.93. The molecule has 0 aliphatic carbocycles. The number of carbonyl (C=O) groups is 1. The fourth-order valence-electron chi connectivity index (χ4n) is 3.79. The number of benzene rings is 2. The number of hydrogen-bond acceptors (Lipinski definition) is 4. The lowest BCUT2D eigenvalue weighted by Gasteiger charge is -2.28. The molecule has 0 unspecified atom stereocenters. The van der Waals surface area contributed by atoms with E-state index in [1.54, 1.807) is 0 Å². The summed E-state index contributed by atoms with van der Waals surface area (Å²) in [7, 11) is 0. The Labute approximate surface area is 161 Å². The van der Waals surface area contributed by atoms with Gasteiger partial charge in [-0.15, -0.1) is 11.3 Å². The number of nitrogens with two attached hydrogens (primary N) is 1. The van der Waals surface area contributed by atoms with E-state index in [0.29, 0.717) is 17.1 Å². The van der Waals surface area contributed by atoms with Crippen LogP contribution in [0, 0.1) is 6.92 Å². The van der Waals surface area contributed by atoms with Crippen LogP contribution in [-0.2, 0) is 13.0 Å². The summed E-state index contributed by atoms with van der Waals surface area (Å²) in [5.41, 5.74) is 11.6. The van der Waals surface area contributed by atoms with Crippen molar-refractivity contribution in [2.24, 2.45) is 0 Å². The molecule has 0 atom stereocenters. The summed E-state index contributed by atoms with van der Waals surface area (Å²) in [6.45, 7) is 3.42. The standard InChI is InChI=1S/C22H19N3OS/c1-13-6-7-18-16(10-13)11-17-19(23)20(27-21(17)24-18)22(26)25-9-8-14-4-2-3-5-15(14)12-25/h2-7,10-11H,8-9,12,23H2,1H3. The van der Waals surface area contributed by atoms with Gasteiger partial charge in [-0.1, -0.05) is 35.9 Å². The predicted molar refractivity (Wildman–Crippen MR) is 111 cm³/mol. The van der Waals surface area contributed by atoms with E-state index < -0.39 is 0 Å². The summed E-state index contributed by atoms with van der Waals surface area (Å²) < 4.78 is 0. The molecule has 0 bridgehead atoms. The summed E-state index contributed by atoms with van der Waals surface area (Å²) >= 11 is 1.40. The molecule has 2 aromatic heterocycles. The maximum absolute atomic E-state index is 13.2. The maximum Gasteiger partial charge on any atom is 0.266 e. The van der Waals surface area contributed by atoms with Gasteiger partial charge in [0.1, 0.15) is 9.71 Å². The van der Waals surface area contributed by atoms with Gasteiger partial charge in [0, 0.05) is 23.9 Å². The second kappa shape index (κ2) is 6.06. The number of pyridine rings is 1. The predicted octanol–water partition coefficient (Wildman–Crippen LogP) is 4.54. The molecule has 0 radical (unpaired) electrons. The number of aryl methyl sites for hydroxylation is 1. The van der Waals surface area contributed by atoms with Crippen molar-refractivity contribution in [1.29, 1.82) is 0 Å². The molecular weight excluding hydrogens is 354 g/mol. The first kappa shape index (κ1) is 16.3. The van der Waals surface area contributed by atoms with Gasteiger partial charge < -0.3 is 10.6 Å². The van der Waals surface area contributed by atoms with Crippen LogP contribution in [0.3, 0.4) is 0 Å². The van der Waals surface area contributed by atoms with Crippen molar-refractivity contribution in [2.75, 3.05) is 12.3 Å². The van der Waals surface area contributed by atoms with Gasteiger partial charge in [0.15, 0.2) is 0 Å². The average molecular weight is 373 g/mol. The van der Waals surface area contributed by atoms with E-state index >= 15 is 0 Å². The number of nitrogens with zero attached hydrogens (tertiary/aromatic N) is 2. The van der Waals surface area contributed by atoms with Crippen LogP contribution in [0.2, 0.25) is 0 Å². The first-order valence-corrected chi connectivity index (χ1v) is 9.87. The molecule has 0 saturated carbocycles. The summed E-state index contributed by atoms with van der Waals surface area (Å²) in [6, 6.07) is 16.5. The zero-order valence-corrected chi connectivity index (χ0v) is 15.8. The van der Waals surface area contributed by atoms with Gasteiger partial charge in [0.2, 0.25) is 0 Å². The number of hydrogen-bond donors (Lipinski definition) is 1. The van der Waals surface area contributed by atoms with Crippen molar-refractivity contribution in [3.63, 3.8) is 0 Å². The highest BCUT2D eigenvalue weighted by molar-refractivity contribution is 7.21. The summed E-state index contributed by atoms with van der Waals surface area (Å²) in [4.78, 5) is 21.2. The lowest BCUT2D eigenvalue weighted by Crippen LogP contribution is -2.35. The normalized spacial score (nSPS) is 13.9. The van der Waals surface area contributed by atoms with Crippen LogP contribution in [0.15, 0.2) is 48.5 Å². The molecule has 2 aromatic carbocycles. The molecule has 0 spiro atoms. The second-order valence-corrected chi connectivity index (χ2v) is 8.13. The minimum atomic E-state index is 0.00485. The molecule has 27 heavy (non-hydrogen) atoms. The van der Waals surface area contributed by atoms with Crippen molar-refractivity contribution in [2.45, 2.75) is 19.9 Å². The zero-order chi connectivity index (χ0) is 18.5. The molecule has 1 aliphatic rings. The molecule has 2 N–H and O–H groups in total. The Morgan fingerprint density at radius 2 is 1.96 bits per heavy atom. The molecule has 4 aromatic rings. The quantitative estimate of drug-likeness (QED) is 0.533. The third-order valence-electron chi connectivity index (χ3n) is 5.28. The Morgan fingerprint density at radius 3 is 2.81 bits per heavy atom. The SMILES string of the molecule is Cc1ccc2nc3sc(C(=O)N4CCc5ccccc5C4)c(N)c3cc2c1. The van der Waals surface area contributed by atoms with Crippen LogP contribution >= 0.6 is 11.3 Å². The molecule has 3 heterocycles. The lowest BCUT2D eigenvalue weighted by atomic mass is 10.00. The van der Waals surface area contributed by atoms with Crippen LogP contribution in [0.25, 0.3) is 21.1 Å². The number of fused-ring (bicyclic) bond motifs is 3. The molecule has 134 valence electrons. The van der Waals surface area contributed by atoms with Gasteiger partial charge in [0.05, 0.1) is 11.2 Å². The van der Waals surface area contributed by atoms with Gasteiger partial charge in [-0.05, 0) is 42.7 Å². The maximum atomic E-state index is 13.2. The molecule has 5 heteroatoms. The van der Waals surface area contributed by atoms with Crippen LogP contribution < -0.4 is 5.73 Å². The largest absolute Gasteiger partial charge is 0.397 e. The third kappa shape index (κ3) is 2.66. The van der Waals surface area contributed by atoms with Crippen molar-refractivity contribution in [3.05, 3.63) is 70.1 Å². The van der Waals surface area contributed by atoms with E-state index in [4.69, 9.17) is 10.7 Å². The van der Waals surface area contributed by atoms with Gasteiger partial charge in [-0.25, -0.2) is 4.98 Å². The van der Waals surface area contributed by atoms with Gasteiger partial charge in [0.25, 0.3) is 5.91 Å². The van der Waals surface area contributed by atoms with Crippen molar-refractivity contribution in [3.8, 4) is 0 Å². The first-order valence-electron chi connectivity index (χ1n) is 9.05. The number of carbonyl (C=O) groups excluding carboxylic acids is 1. The highest BCUT2D eigenvalue weighted by Crippen LogP contribution is 2.36. The number of amides is 1. The molecule has 1 aliphatic heterocycles. The Hall–Kier alpha value is -2.92. The van der Waals surface area contributed by atoms with Crippen LogP contribution in [-0.4, -0.2) is 22.3 Å². The molecule has 0 fully saturated rings. The molecule has 5 rings (SSSR count). The van der Waals surface area contributed by atoms with Crippen molar-refractivity contribution < 1.29 is 4.79 Å². The smallest absolute Gasteiger partial charge is 0.266 e. The number of anilines is 1. The van der Waals surface area contributed by atoms with E-state index in [-0.39, 0.29) is 5.91 Å². The van der Waals surface area contributed by atoms with Crippen LogP contribution in [0.4, 0.5) is 5.69 Å². The van der Waals surface area contributed by atoms with Gasteiger partial charge >= 0.3 is 0 Å². The molecule has 1 amide bonds. The molecule has 0 saturated heterocycles. The number of thiophene rings is 1. The van der Waals surface area contributed by atoms with E-state index in [9.17, 15) is 4.79 Å². The first-order chi connectivity index (χ1) is 13.1. The van der Waals surface area contributed by atoms with Crippen LogP contribution in [0.5, 0.6) is 0 Å². The molecule has 4 nitrogen and oxygen atoms in total. The zero-order valence-electron chi connectivity index (χ0n) is 15.0. The Balaban J connectivity index is 1.55. The van der Waals surface area contributed by atoms with Crippen molar-refractivity contribution >= 4 is 44.1 Å². The number of aromatic nitrogens is 1. The highest BCUT2D eigenvalue weighted by Gasteiger charge is 2.26. The van der Waals surface area contributed by atoms with E-state index in [2.05, 4.69) is 43.3 Å². The Bertz CT molecular complexity index is 1210. The van der Waals surface area contributed by atoms with Gasteiger partial charge in [-0.3, -0.25) is 4.79 Å². The van der Waals surface area contributed by atoms with Crippen molar-refractivity contribution in [1.82, 2.24) is 9.88 Å². The fraction of sp³-hybridized carbons (Fsp3) is 0.182. The number of rotatable bonds is 1. The molecular formula is C22H19N3OS. The Morgan fingerprint density at radius 1 is 1.15 bits per heavy atom. The lowest BCUT2D eigenvalue weighted by molar-refractivity contribution is 0.0740. The van der Waals surface area contributed by atoms with E-state index in [1.165, 1.54) is 28.0 Å². The monoisotopic (exact) mass is 373 g/mol. The van der Waals surface area contributed by atoms with E-state index in [0.717, 1.165) is 34.1 Å².